The van der Waals surface area contributed by atoms with Gasteiger partial charge in [0.1, 0.15) is 22.8 Å². The summed E-state index contributed by atoms with van der Waals surface area (Å²) in [6.07, 6.45) is 0.496. The molecule has 0 unspecified atom stereocenters. The maximum atomic E-state index is 14.3. The molecule has 0 atom stereocenters. The number of aryl methyl sites for hydroxylation is 1. The fourth-order valence-electron chi connectivity index (χ4n) is 2.85. The van der Waals surface area contributed by atoms with Gasteiger partial charge in [0.15, 0.2) is 0 Å². The first kappa shape index (κ1) is 21.8. The maximum Gasteiger partial charge on any atom is 0.261 e. The molecule has 1 aromatic heterocycles. The van der Waals surface area contributed by atoms with Crippen molar-refractivity contribution < 1.29 is 22.1 Å². The Balaban J connectivity index is 1.83. The fraction of sp³-hybridized carbons (Fsp3) is 0.200. The van der Waals surface area contributed by atoms with E-state index in [0.717, 1.165) is 0 Å². The van der Waals surface area contributed by atoms with Gasteiger partial charge >= 0.3 is 0 Å². The number of sulfonamides is 1. The van der Waals surface area contributed by atoms with Crippen LogP contribution in [-0.4, -0.2) is 25.2 Å². The zero-order valence-electron chi connectivity index (χ0n) is 16.2. The number of rotatable bonds is 7. The van der Waals surface area contributed by atoms with Crippen molar-refractivity contribution in [2.75, 3.05) is 15.8 Å². The highest BCUT2D eigenvalue weighted by molar-refractivity contribution is 7.92. The molecule has 0 aliphatic heterocycles. The van der Waals surface area contributed by atoms with E-state index >= 15 is 0 Å². The van der Waals surface area contributed by atoms with Crippen molar-refractivity contribution in [2.45, 2.75) is 20.3 Å². The molecule has 2 aromatic carbocycles. The maximum absolute atomic E-state index is 14.3. The predicted octanol–water partition coefficient (Wildman–Crippen LogP) is 4.85. The van der Waals surface area contributed by atoms with E-state index in [0.29, 0.717) is 17.8 Å². The number of carbonyl (C=O) groups is 1. The molecule has 1 heterocycles. The van der Waals surface area contributed by atoms with E-state index in [4.69, 9.17) is 16.1 Å². The van der Waals surface area contributed by atoms with E-state index in [2.05, 4.69) is 15.2 Å². The topological polar surface area (TPSA) is 101 Å². The molecule has 30 heavy (non-hydrogen) atoms. The average Bonchev–Trinajstić information content (AvgIpc) is 3.04. The summed E-state index contributed by atoms with van der Waals surface area (Å²) in [6, 6.07) is 10.3. The van der Waals surface area contributed by atoms with Gasteiger partial charge in [-0.15, -0.1) is 0 Å². The first-order valence-corrected chi connectivity index (χ1v) is 11.1. The molecular weight excluding hydrogens is 433 g/mol. The van der Waals surface area contributed by atoms with Gasteiger partial charge in [-0.1, -0.05) is 29.7 Å². The van der Waals surface area contributed by atoms with Crippen molar-refractivity contribution in [3.63, 3.8) is 0 Å². The summed E-state index contributed by atoms with van der Waals surface area (Å²) in [7, 11) is -3.41. The lowest BCUT2D eigenvalue weighted by molar-refractivity contribution is 0.102. The van der Waals surface area contributed by atoms with Crippen molar-refractivity contribution >= 4 is 38.9 Å². The summed E-state index contributed by atoms with van der Waals surface area (Å²) in [5.41, 5.74) is 0.805. The van der Waals surface area contributed by atoms with E-state index in [-0.39, 0.29) is 33.4 Å². The first-order valence-electron chi connectivity index (χ1n) is 9.04. The predicted molar refractivity (Wildman–Crippen MR) is 114 cm³/mol. The standard InChI is InChI=1S/C20H19ClFN3O4S/c1-3-11-30(27,28)25-14-9-7-13(8-10-14)23-20(26)17-12(2)29-24-19(17)18-15(21)5-4-6-16(18)22/h4-10,25H,3,11H2,1-2H3,(H,23,26). The van der Waals surface area contributed by atoms with Crippen LogP contribution in [0.15, 0.2) is 47.0 Å². The zero-order valence-corrected chi connectivity index (χ0v) is 17.8. The van der Waals surface area contributed by atoms with Crippen LogP contribution >= 0.6 is 11.6 Å². The second-order valence-corrected chi connectivity index (χ2v) is 8.76. The van der Waals surface area contributed by atoms with Crippen molar-refractivity contribution in [1.29, 1.82) is 0 Å². The van der Waals surface area contributed by atoms with Crippen molar-refractivity contribution in [1.82, 2.24) is 5.16 Å². The van der Waals surface area contributed by atoms with Gasteiger partial charge in [-0.3, -0.25) is 9.52 Å². The Morgan fingerprint density at radius 1 is 1.17 bits per heavy atom. The largest absolute Gasteiger partial charge is 0.360 e. The minimum Gasteiger partial charge on any atom is -0.360 e. The molecule has 1 amide bonds. The number of benzene rings is 2. The van der Waals surface area contributed by atoms with Crippen molar-refractivity contribution in [3.8, 4) is 11.3 Å². The van der Waals surface area contributed by atoms with Gasteiger partial charge in [-0.05, 0) is 49.7 Å². The molecule has 10 heteroatoms. The van der Waals surface area contributed by atoms with Gasteiger partial charge < -0.3 is 9.84 Å². The summed E-state index contributed by atoms with van der Waals surface area (Å²) < 4.78 is 45.5. The number of nitrogens with one attached hydrogen (secondary N) is 2. The number of hydrogen-bond donors (Lipinski definition) is 2. The molecule has 2 N–H and O–H groups in total. The Morgan fingerprint density at radius 2 is 1.83 bits per heavy atom. The second-order valence-electron chi connectivity index (χ2n) is 6.51. The summed E-state index contributed by atoms with van der Waals surface area (Å²) in [5, 5.41) is 6.57. The summed E-state index contributed by atoms with van der Waals surface area (Å²) in [4.78, 5) is 12.8. The Hall–Kier alpha value is -2.91. The Bertz CT molecular complexity index is 1160. The quantitative estimate of drug-likeness (QED) is 0.534. The van der Waals surface area contributed by atoms with E-state index in [9.17, 15) is 17.6 Å². The third-order valence-corrected chi connectivity index (χ3v) is 5.99. The van der Waals surface area contributed by atoms with E-state index in [1.165, 1.54) is 37.3 Å². The SMILES string of the molecule is CCCS(=O)(=O)Nc1ccc(NC(=O)c2c(-c3c(F)cccc3Cl)noc2C)cc1. The number of aromatic nitrogens is 1. The second kappa shape index (κ2) is 8.85. The molecule has 0 aliphatic carbocycles. The lowest BCUT2D eigenvalue weighted by Gasteiger charge is -2.10. The van der Waals surface area contributed by atoms with Crippen LogP contribution in [0.1, 0.15) is 29.5 Å². The van der Waals surface area contributed by atoms with Gasteiger partial charge in [0.05, 0.1) is 16.3 Å². The average molecular weight is 452 g/mol. The van der Waals surface area contributed by atoms with Crippen molar-refractivity contribution in [2.24, 2.45) is 0 Å². The number of hydrogen-bond acceptors (Lipinski definition) is 5. The van der Waals surface area contributed by atoms with Crippen LogP contribution in [0.25, 0.3) is 11.3 Å². The highest BCUT2D eigenvalue weighted by Crippen LogP contribution is 2.33. The van der Waals surface area contributed by atoms with Gasteiger partial charge in [-0.2, -0.15) is 0 Å². The van der Waals surface area contributed by atoms with E-state index < -0.39 is 21.7 Å². The Morgan fingerprint density at radius 3 is 2.47 bits per heavy atom. The fourth-order valence-corrected chi connectivity index (χ4v) is 4.24. The van der Waals surface area contributed by atoms with Crippen LogP contribution in [-0.2, 0) is 10.0 Å². The molecule has 0 fully saturated rings. The molecule has 0 radical (unpaired) electrons. The molecule has 0 bridgehead atoms. The molecule has 0 saturated heterocycles. The molecular formula is C20H19ClFN3O4S. The summed E-state index contributed by atoms with van der Waals surface area (Å²) in [5.74, 6) is -0.985. The van der Waals surface area contributed by atoms with Gasteiger partial charge in [-0.25, -0.2) is 12.8 Å². The van der Waals surface area contributed by atoms with Crippen LogP contribution in [0.5, 0.6) is 0 Å². The summed E-state index contributed by atoms with van der Waals surface area (Å²) in [6.45, 7) is 3.30. The minimum absolute atomic E-state index is 0.00274. The lowest BCUT2D eigenvalue weighted by Crippen LogP contribution is -2.16. The van der Waals surface area contributed by atoms with E-state index in [1.807, 2.05) is 0 Å². The number of nitrogens with zero attached hydrogens (tertiary/aromatic N) is 1. The van der Waals surface area contributed by atoms with Crippen LogP contribution in [0.4, 0.5) is 15.8 Å². The normalized spacial score (nSPS) is 11.3. The highest BCUT2D eigenvalue weighted by atomic mass is 35.5. The van der Waals surface area contributed by atoms with Crippen LogP contribution < -0.4 is 10.0 Å². The van der Waals surface area contributed by atoms with Crippen LogP contribution in [0.3, 0.4) is 0 Å². The molecule has 0 spiro atoms. The molecule has 7 nitrogen and oxygen atoms in total. The van der Waals surface area contributed by atoms with Crippen molar-refractivity contribution in [3.05, 3.63) is 64.6 Å². The zero-order chi connectivity index (χ0) is 21.9. The molecule has 3 aromatic rings. The monoisotopic (exact) mass is 451 g/mol. The van der Waals surface area contributed by atoms with Gasteiger partial charge in [0.25, 0.3) is 5.91 Å². The Labute approximate surface area is 178 Å². The number of halogens is 2. The molecule has 0 saturated carbocycles. The minimum atomic E-state index is -3.41. The molecule has 158 valence electrons. The first-order chi connectivity index (χ1) is 14.2. The van der Waals surface area contributed by atoms with Gasteiger partial charge in [0, 0.05) is 11.4 Å². The number of amides is 1. The van der Waals surface area contributed by atoms with Gasteiger partial charge in [0.2, 0.25) is 10.0 Å². The Kier molecular flexibility index (Phi) is 6.42. The number of carbonyl (C=O) groups excluding carboxylic acids is 1. The summed E-state index contributed by atoms with van der Waals surface area (Å²) >= 11 is 6.09. The lowest BCUT2D eigenvalue weighted by atomic mass is 10.0. The molecule has 0 aliphatic rings. The number of anilines is 2. The smallest absolute Gasteiger partial charge is 0.261 e. The van der Waals surface area contributed by atoms with Crippen LogP contribution in [0.2, 0.25) is 5.02 Å². The van der Waals surface area contributed by atoms with E-state index in [1.54, 1.807) is 19.1 Å². The third-order valence-electron chi connectivity index (χ3n) is 4.18. The van der Waals surface area contributed by atoms with Crippen LogP contribution in [0, 0.1) is 12.7 Å². The highest BCUT2D eigenvalue weighted by Gasteiger charge is 2.25. The molecule has 3 rings (SSSR count). The third kappa shape index (κ3) is 4.80.